The van der Waals surface area contributed by atoms with Gasteiger partial charge in [0.15, 0.2) is 0 Å². The SMILES string of the molecule is CCC(/C=N/Nc1ccc(S(N)(=O)=O)cc1[N+](=O)[O-])CC. The van der Waals surface area contributed by atoms with Crippen molar-refractivity contribution in [1.29, 1.82) is 0 Å². The summed E-state index contributed by atoms with van der Waals surface area (Å²) in [6.45, 7) is 4.03. The Morgan fingerprint density at radius 3 is 2.52 bits per heavy atom. The van der Waals surface area contributed by atoms with E-state index in [4.69, 9.17) is 5.14 Å². The van der Waals surface area contributed by atoms with Crippen molar-refractivity contribution >= 4 is 27.6 Å². The maximum absolute atomic E-state index is 11.2. The van der Waals surface area contributed by atoms with Crippen molar-refractivity contribution in [2.24, 2.45) is 16.2 Å². The minimum Gasteiger partial charge on any atom is -0.272 e. The van der Waals surface area contributed by atoms with Crippen molar-refractivity contribution in [3.63, 3.8) is 0 Å². The van der Waals surface area contributed by atoms with E-state index in [1.165, 1.54) is 12.1 Å². The van der Waals surface area contributed by atoms with E-state index in [-0.39, 0.29) is 16.5 Å². The largest absolute Gasteiger partial charge is 0.295 e. The summed E-state index contributed by atoms with van der Waals surface area (Å²) in [5, 5.41) is 19.9. The van der Waals surface area contributed by atoms with Crippen LogP contribution in [0.1, 0.15) is 26.7 Å². The lowest BCUT2D eigenvalue weighted by Gasteiger charge is -2.06. The number of hydrogen-bond acceptors (Lipinski definition) is 6. The summed E-state index contributed by atoms with van der Waals surface area (Å²) in [4.78, 5) is 9.98. The van der Waals surface area contributed by atoms with Crippen LogP contribution in [0, 0.1) is 16.0 Å². The van der Waals surface area contributed by atoms with E-state index in [0.29, 0.717) is 0 Å². The lowest BCUT2D eigenvalue weighted by Crippen LogP contribution is -2.12. The average molecular weight is 314 g/mol. The molecule has 0 spiro atoms. The van der Waals surface area contributed by atoms with Crippen LogP contribution in [0.25, 0.3) is 0 Å². The smallest absolute Gasteiger partial charge is 0.272 e. The second-order valence-electron chi connectivity index (χ2n) is 4.45. The summed E-state index contributed by atoms with van der Waals surface area (Å²) < 4.78 is 22.4. The van der Waals surface area contributed by atoms with Crippen LogP contribution < -0.4 is 10.6 Å². The monoisotopic (exact) mass is 314 g/mol. The molecule has 0 aliphatic heterocycles. The van der Waals surface area contributed by atoms with E-state index >= 15 is 0 Å². The quantitative estimate of drug-likeness (QED) is 0.452. The summed E-state index contributed by atoms with van der Waals surface area (Å²) in [5.41, 5.74) is 2.27. The fourth-order valence-electron chi connectivity index (χ4n) is 1.65. The van der Waals surface area contributed by atoms with Crippen LogP contribution in [-0.4, -0.2) is 19.6 Å². The molecule has 0 aliphatic rings. The lowest BCUT2D eigenvalue weighted by atomic mass is 10.1. The molecule has 0 aromatic heterocycles. The summed E-state index contributed by atoms with van der Waals surface area (Å²) in [6.07, 6.45) is 3.50. The zero-order valence-corrected chi connectivity index (χ0v) is 12.6. The number of sulfonamides is 1. The van der Waals surface area contributed by atoms with Gasteiger partial charge in [0.1, 0.15) is 5.69 Å². The number of nitro benzene ring substituents is 1. The van der Waals surface area contributed by atoms with E-state index in [0.717, 1.165) is 18.9 Å². The van der Waals surface area contributed by atoms with Crippen LogP contribution in [0.4, 0.5) is 11.4 Å². The van der Waals surface area contributed by atoms with Gasteiger partial charge in [-0.1, -0.05) is 13.8 Å². The van der Waals surface area contributed by atoms with Crippen molar-refractivity contribution in [2.45, 2.75) is 31.6 Å². The van der Waals surface area contributed by atoms with Crippen molar-refractivity contribution < 1.29 is 13.3 Å². The maximum atomic E-state index is 11.2. The number of hydrogen-bond donors (Lipinski definition) is 2. The summed E-state index contributed by atoms with van der Waals surface area (Å²) in [5.74, 6) is 0.278. The molecule has 9 heteroatoms. The first-order valence-electron chi connectivity index (χ1n) is 6.40. The van der Waals surface area contributed by atoms with Gasteiger partial charge in [0.25, 0.3) is 5.69 Å². The predicted molar refractivity (Wildman–Crippen MR) is 80.7 cm³/mol. The maximum Gasteiger partial charge on any atom is 0.295 e. The van der Waals surface area contributed by atoms with Gasteiger partial charge in [0.05, 0.1) is 9.82 Å². The normalized spacial score (nSPS) is 12.0. The molecule has 0 saturated heterocycles. The Balaban J connectivity index is 3.05. The fourth-order valence-corrected chi connectivity index (χ4v) is 2.18. The Kier molecular flexibility index (Phi) is 5.79. The van der Waals surface area contributed by atoms with Gasteiger partial charge in [-0.2, -0.15) is 5.10 Å². The van der Waals surface area contributed by atoms with E-state index in [9.17, 15) is 18.5 Å². The first kappa shape index (κ1) is 17.1. The van der Waals surface area contributed by atoms with Crippen LogP contribution in [0.3, 0.4) is 0 Å². The molecule has 0 saturated carbocycles. The Hall–Kier alpha value is -2.00. The molecule has 0 atom stereocenters. The summed E-state index contributed by atoms with van der Waals surface area (Å²) >= 11 is 0. The van der Waals surface area contributed by atoms with Crippen LogP contribution in [-0.2, 0) is 10.0 Å². The number of nitrogens with zero attached hydrogens (tertiary/aromatic N) is 2. The fraction of sp³-hybridized carbons (Fsp3) is 0.417. The third-order valence-electron chi connectivity index (χ3n) is 3.01. The van der Waals surface area contributed by atoms with Gasteiger partial charge in [0.2, 0.25) is 10.0 Å². The molecular formula is C12H18N4O4S. The van der Waals surface area contributed by atoms with Gasteiger partial charge >= 0.3 is 0 Å². The topological polar surface area (TPSA) is 128 Å². The standard InChI is InChI=1S/C12H18N4O4S/c1-3-9(4-2)8-14-15-11-6-5-10(21(13,19)20)7-12(11)16(17)18/h5-9,15H,3-4H2,1-2H3,(H2,13,19,20)/b14-8+. The molecule has 0 unspecified atom stereocenters. The highest BCUT2D eigenvalue weighted by atomic mass is 32.2. The Labute approximate surface area is 123 Å². The molecule has 1 aromatic carbocycles. The van der Waals surface area contributed by atoms with Gasteiger partial charge in [-0.15, -0.1) is 0 Å². The number of anilines is 1. The van der Waals surface area contributed by atoms with E-state index < -0.39 is 20.6 Å². The molecule has 3 N–H and O–H groups in total. The average Bonchev–Trinajstić information content (AvgIpc) is 2.42. The number of hydrazone groups is 1. The minimum atomic E-state index is -3.99. The van der Waals surface area contributed by atoms with Crippen molar-refractivity contribution in [3.05, 3.63) is 28.3 Å². The second kappa shape index (κ2) is 7.14. The van der Waals surface area contributed by atoms with Crippen LogP contribution in [0.2, 0.25) is 0 Å². The first-order valence-corrected chi connectivity index (χ1v) is 7.94. The van der Waals surface area contributed by atoms with Crippen LogP contribution >= 0.6 is 0 Å². The highest BCUT2D eigenvalue weighted by molar-refractivity contribution is 7.89. The zero-order valence-electron chi connectivity index (χ0n) is 11.8. The molecule has 1 aromatic rings. The lowest BCUT2D eigenvalue weighted by molar-refractivity contribution is -0.384. The molecular weight excluding hydrogens is 296 g/mol. The summed E-state index contributed by atoms with van der Waals surface area (Å²) in [6, 6.07) is 3.36. The molecule has 0 fully saturated rings. The molecule has 0 aliphatic carbocycles. The van der Waals surface area contributed by atoms with Gasteiger partial charge in [-0.3, -0.25) is 15.5 Å². The number of rotatable bonds is 7. The predicted octanol–water partition coefficient (Wildman–Crippen LogP) is 2.08. The van der Waals surface area contributed by atoms with Crippen LogP contribution in [0.5, 0.6) is 0 Å². The molecule has 0 radical (unpaired) electrons. The molecule has 0 amide bonds. The van der Waals surface area contributed by atoms with Crippen molar-refractivity contribution in [2.75, 3.05) is 5.43 Å². The third kappa shape index (κ3) is 4.80. The first-order chi connectivity index (χ1) is 9.79. The third-order valence-corrected chi connectivity index (χ3v) is 3.92. The van der Waals surface area contributed by atoms with Gasteiger partial charge in [-0.25, -0.2) is 13.6 Å². The number of primary sulfonamides is 1. The summed E-state index contributed by atoms with van der Waals surface area (Å²) in [7, 11) is -3.99. The Morgan fingerprint density at radius 1 is 1.43 bits per heavy atom. The van der Waals surface area contributed by atoms with E-state index in [2.05, 4.69) is 10.5 Å². The van der Waals surface area contributed by atoms with Crippen molar-refractivity contribution in [3.8, 4) is 0 Å². The molecule has 21 heavy (non-hydrogen) atoms. The van der Waals surface area contributed by atoms with Gasteiger partial charge < -0.3 is 0 Å². The highest BCUT2D eigenvalue weighted by Crippen LogP contribution is 2.27. The van der Waals surface area contributed by atoms with Crippen molar-refractivity contribution in [1.82, 2.24) is 0 Å². The van der Waals surface area contributed by atoms with Gasteiger partial charge in [-0.05, 0) is 30.9 Å². The van der Waals surface area contributed by atoms with Gasteiger partial charge in [0, 0.05) is 12.3 Å². The zero-order chi connectivity index (χ0) is 16.0. The molecule has 0 bridgehead atoms. The number of nitrogens with one attached hydrogen (secondary N) is 1. The number of nitro groups is 1. The number of benzene rings is 1. The molecule has 0 heterocycles. The highest BCUT2D eigenvalue weighted by Gasteiger charge is 2.18. The molecule has 1 rings (SSSR count). The molecule has 116 valence electrons. The minimum absolute atomic E-state index is 0.106. The van der Waals surface area contributed by atoms with E-state index in [1.54, 1.807) is 6.21 Å². The molecule has 8 nitrogen and oxygen atoms in total. The number of nitrogens with two attached hydrogens (primary N) is 1. The second-order valence-corrected chi connectivity index (χ2v) is 6.01. The Morgan fingerprint density at radius 2 is 2.05 bits per heavy atom. The van der Waals surface area contributed by atoms with E-state index in [1.807, 2.05) is 13.8 Å². The van der Waals surface area contributed by atoms with Crippen LogP contribution in [0.15, 0.2) is 28.2 Å². The Bertz CT molecular complexity index is 639.